The summed E-state index contributed by atoms with van der Waals surface area (Å²) in [6.45, 7) is 2.19. The first-order chi connectivity index (χ1) is 8.69. The molecule has 1 saturated heterocycles. The molecule has 1 saturated carbocycles. The second kappa shape index (κ2) is 5.69. The van der Waals surface area contributed by atoms with E-state index in [1.165, 1.54) is 6.42 Å². The van der Waals surface area contributed by atoms with Gasteiger partial charge in [-0.3, -0.25) is 9.59 Å². The van der Waals surface area contributed by atoms with Gasteiger partial charge >= 0.3 is 0 Å². The van der Waals surface area contributed by atoms with Crippen molar-refractivity contribution in [2.45, 2.75) is 32.1 Å². The van der Waals surface area contributed by atoms with Crippen LogP contribution in [0.15, 0.2) is 0 Å². The van der Waals surface area contributed by atoms with Crippen LogP contribution >= 0.6 is 0 Å². The lowest BCUT2D eigenvalue weighted by molar-refractivity contribution is -0.134. The SMILES string of the molecule is CNC(=O)CCNC(=O)[C@@]12CCCC[C@H]1CNC2. The third-order valence-corrected chi connectivity index (χ3v) is 4.41. The Kier molecular flexibility index (Phi) is 4.22. The molecule has 2 rings (SSSR count). The van der Waals surface area contributed by atoms with Crippen LogP contribution in [0.4, 0.5) is 0 Å². The van der Waals surface area contributed by atoms with Gasteiger partial charge in [-0.25, -0.2) is 0 Å². The largest absolute Gasteiger partial charge is 0.359 e. The highest BCUT2D eigenvalue weighted by molar-refractivity contribution is 5.84. The number of nitrogens with one attached hydrogen (secondary N) is 3. The Bertz CT molecular complexity index is 332. The first kappa shape index (κ1) is 13.3. The van der Waals surface area contributed by atoms with Gasteiger partial charge in [0.25, 0.3) is 0 Å². The third-order valence-electron chi connectivity index (χ3n) is 4.41. The summed E-state index contributed by atoms with van der Waals surface area (Å²) in [4.78, 5) is 23.5. The number of carbonyl (C=O) groups is 2. The van der Waals surface area contributed by atoms with Gasteiger partial charge in [-0.1, -0.05) is 12.8 Å². The molecule has 5 nitrogen and oxygen atoms in total. The average molecular weight is 253 g/mol. The van der Waals surface area contributed by atoms with E-state index in [1.807, 2.05) is 0 Å². The Morgan fingerprint density at radius 2 is 2.22 bits per heavy atom. The molecule has 0 aromatic rings. The van der Waals surface area contributed by atoms with Crippen LogP contribution in [0.2, 0.25) is 0 Å². The molecule has 1 heterocycles. The van der Waals surface area contributed by atoms with Gasteiger partial charge in [0.15, 0.2) is 0 Å². The van der Waals surface area contributed by atoms with Crippen LogP contribution in [0.1, 0.15) is 32.1 Å². The van der Waals surface area contributed by atoms with Crippen LogP contribution in [0, 0.1) is 11.3 Å². The van der Waals surface area contributed by atoms with E-state index in [1.54, 1.807) is 7.05 Å². The van der Waals surface area contributed by atoms with Crippen LogP contribution in [0.3, 0.4) is 0 Å². The molecule has 1 aliphatic heterocycles. The Morgan fingerprint density at radius 1 is 1.39 bits per heavy atom. The predicted octanol–water partition coefficient (Wildman–Crippen LogP) is 0.0185. The maximum absolute atomic E-state index is 12.4. The lowest BCUT2D eigenvalue weighted by Crippen LogP contribution is -2.48. The van der Waals surface area contributed by atoms with Gasteiger partial charge < -0.3 is 16.0 Å². The van der Waals surface area contributed by atoms with Crippen LogP contribution in [-0.2, 0) is 9.59 Å². The van der Waals surface area contributed by atoms with Crippen LogP contribution < -0.4 is 16.0 Å². The fourth-order valence-electron chi connectivity index (χ4n) is 3.28. The van der Waals surface area contributed by atoms with E-state index >= 15 is 0 Å². The molecule has 0 aromatic carbocycles. The predicted molar refractivity (Wildman–Crippen MR) is 69.0 cm³/mol. The first-order valence-electron chi connectivity index (χ1n) is 6.88. The Balaban J connectivity index is 1.88. The maximum Gasteiger partial charge on any atom is 0.227 e. The van der Waals surface area contributed by atoms with Gasteiger partial charge in [0, 0.05) is 26.6 Å². The van der Waals surface area contributed by atoms with E-state index in [4.69, 9.17) is 0 Å². The van der Waals surface area contributed by atoms with E-state index in [2.05, 4.69) is 16.0 Å². The van der Waals surface area contributed by atoms with Gasteiger partial charge in [-0.2, -0.15) is 0 Å². The standard InChI is InChI=1S/C13H23N3O2/c1-14-11(17)5-7-16-12(18)13-6-3-2-4-10(13)8-15-9-13/h10,15H,2-9H2,1H3,(H,14,17)(H,16,18)/t10-,13+/m0/s1. The van der Waals surface area contributed by atoms with E-state index in [0.29, 0.717) is 18.9 Å². The zero-order valence-electron chi connectivity index (χ0n) is 11.1. The van der Waals surface area contributed by atoms with E-state index in [0.717, 1.165) is 32.4 Å². The van der Waals surface area contributed by atoms with Gasteiger partial charge in [-0.05, 0) is 25.3 Å². The minimum absolute atomic E-state index is 0.0301. The summed E-state index contributed by atoms with van der Waals surface area (Å²) in [5.41, 5.74) is -0.207. The molecule has 3 N–H and O–H groups in total. The molecule has 2 aliphatic rings. The van der Waals surface area contributed by atoms with Gasteiger partial charge in [0.1, 0.15) is 0 Å². The quantitative estimate of drug-likeness (QED) is 0.661. The molecule has 0 spiro atoms. The van der Waals surface area contributed by atoms with Gasteiger partial charge in [-0.15, -0.1) is 0 Å². The van der Waals surface area contributed by atoms with Crippen molar-refractivity contribution in [3.05, 3.63) is 0 Å². The summed E-state index contributed by atoms with van der Waals surface area (Å²) < 4.78 is 0. The molecule has 2 fully saturated rings. The molecule has 1 aliphatic carbocycles. The number of rotatable bonds is 4. The molecule has 102 valence electrons. The highest BCUT2D eigenvalue weighted by atomic mass is 16.2. The van der Waals surface area contributed by atoms with Crippen LogP contribution in [-0.4, -0.2) is 38.5 Å². The number of carbonyl (C=O) groups excluding carboxylic acids is 2. The van der Waals surface area contributed by atoms with Crippen molar-refractivity contribution in [2.75, 3.05) is 26.7 Å². The molecule has 5 heteroatoms. The highest BCUT2D eigenvalue weighted by Gasteiger charge is 2.49. The molecule has 2 atom stereocenters. The summed E-state index contributed by atoms with van der Waals surface area (Å²) in [6.07, 6.45) is 4.86. The van der Waals surface area contributed by atoms with Gasteiger partial charge in [0.2, 0.25) is 11.8 Å². The zero-order chi connectivity index (χ0) is 13.0. The monoisotopic (exact) mass is 253 g/mol. The molecule has 2 amide bonds. The zero-order valence-corrected chi connectivity index (χ0v) is 11.1. The maximum atomic E-state index is 12.4. The molecule has 0 bridgehead atoms. The summed E-state index contributed by atoms with van der Waals surface area (Å²) in [5, 5.41) is 8.86. The second-order valence-electron chi connectivity index (χ2n) is 5.41. The second-order valence-corrected chi connectivity index (χ2v) is 5.41. The molecule has 18 heavy (non-hydrogen) atoms. The van der Waals surface area contributed by atoms with Gasteiger partial charge in [0.05, 0.1) is 5.41 Å². The molecular formula is C13H23N3O2. The van der Waals surface area contributed by atoms with Crippen LogP contribution in [0.5, 0.6) is 0 Å². The normalized spacial score (nSPS) is 30.6. The smallest absolute Gasteiger partial charge is 0.227 e. The summed E-state index contributed by atoms with van der Waals surface area (Å²) in [5.74, 6) is 0.588. The number of fused-ring (bicyclic) bond motifs is 1. The van der Waals surface area contributed by atoms with Crippen molar-refractivity contribution in [1.29, 1.82) is 0 Å². The molecule has 0 radical (unpaired) electrons. The van der Waals surface area contributed by atoms with Crippen molar-refractivity contribution >= 4 is 11.8 Å². The Morgan fingerprint density at radius 3 is 3.00 bits per heavy atom. The minimum atomic E-state index is -0.207. The summed E-state index contributed by atoms with van der Waals surface area (Å²) in [7, 11) is 1.61. The number of hydrogen-bond acceptors (Lipinski definition) is 3. The van der Waals surface area contributed by atoms with Crippen molar-refractivity contribution in [3.8, 4) is 0 Å². The number of hydrogen-bond donors (Lipinski definition) is 3. The van der Waals surface area contributed by atoms with Crippen molar-refractivity contribution in [3.63, 3.8) is 0 Å². The lowest BCUT2D eigenvalue weighted by atomic mass is 9.67. The van der Waals surface area contributed by atoms with Crippen molar-refractivity contribution in [1.82, 2.24) is 16.0 Å². The van der Waals surface area contributed by atoms with E-state index in [-0.39, 0.29) is 17.2 Å². The Hall–Kier alpha value is -1.10. The lowest BCUT2D eigenvalue weighted by Gasteiger charge is -2.37. The third kappa shape index (κ3) is 2.51. The minimum Gasteiger partial charge on any atom is -0.359 e. The number of amides is 2. The molecular weight excluding hydrogens is 230 g/mol. The van der Waals surface area contributed by atoms with E-state index in [9.17, 15) is 9.59 Å². The first-order valence-corrected chi connectivity index (χ1v) is 6.88. The van der Waals surface area contributed by atoms with E-state index < -0.39 is 0 Å². The topological polar surface area (TPSA) is 70.2 Å². The average Bonchev–Trinajstić information content (AvgIpc) is 2.83. The highest BCUT2D eigenvalue weighted by Crippen LogP contribution is 2.43. The molecule has 0 aromatic heterocycles. The molecule has 0 unspecified atom stereocenters. The van der Waals surface area contributed by atoms with Crippen LogP contribution in [0.25, 0.3) is 0 Å². The van der Waals surface area contributed by atoms with Crippen molar-refractivity contribution < 1.29 is 9.59 Å². The fraction of sp³-hybridized carbons (Fsp3) is 0.846. The Labute approximate surface area is 108 Å². The fourth-order valence-corrected chi connectivity index (χ4v) is 3.28. The van der Waals surface area contributed by atoms with Crippen molar-refractivity contribution in [2.24, 2.45) is 11.3 Å². The summed E-state index contributed by atoms with van der Waals surface area (Å²) in [6, 6.07) is 0. The summed E-state index contributed by atoms with van der Waals surface area (Å²) >= 11 is 0.